The summed E-state index contributed by atoms with van der Waals surface area (Å²) in [5.41, 5.74) is 0. The second kappa shape index (κ2) is 3.94. The van der Waals surface area contributed by atoms with Crippen LogP contribution in [0.2, 0.25) is 0 Å². The van der Waals surface area contributed by atoms with Gasteiger partial charge in [0.15, 0.2) is 0 Å². The monoisotopic (exact) mass is 93.0 g/mol. The Morgan fingerprint density at radius 3 is 2.50 bits per heavy atom. The molecule has 6 heavy (non-hydrogen) atoms. The topological polar surface area (TPSA) is 0 Å². The Balaban J connectivity index is 0.000000250. The number of rotatable bonds is 0. The van der Waals surface area contributed by atoms with Gasteiger partial charge in [-0.25, -0.2) is 0 Å². The van der Waals surface area contributed by atoms with Crippen molar-refractivity contribution in [2.45, 2.75) is 12.8 Å². The molecule has 1 aliphatic rings. The van der Waals surface area contributed by atoms with Gasteiger partial charge in [-0.05, 0) is 19.0 Å². The fraction of sp³-hybridized carbons (Fsp3) is 0.750. The summed E-state index contributed by atoms with van der Waals surface area (Å²) in [6, 6.07) is 0. The molecule has 0 saturated heterocycles. The molecular weight excluding hydrogens is 86.0 g/mol. The van der Waals surface area contributed by atoms with Crippen molar-refractivity contribution in [3.8, 4) is 0 Å². The van der Waals surface area contributed by atoms with E-state index in [4.69, 9.17) is 0 Å². The molecule has 2 heteroatoms. The zero-order valence-electron chi connectivity index (χ0n) is 4.15. The average molecular weight is 93.0 g/mol. The van der Waals surface area contributed by atoms with Crippen molar-refractivity contribution in [3.63, 3.8) is 0 Å². The molecule has 0 aromatic heterocycles. The normalized spacial score (nSPS) is 20.0. The maximum Gasteiger partial charge on any atom is 0 e. The van der Waals surface area contributed by atoms with Crippen LogP contribution in [0, 0.1) is 0 Å². The summed E-state index contributed by atoms with van der Waals surface area (Å²) < 4.78 is 0. The maximum absolute atomic E-state index is 2.33. The zero-order valence-corrected chi connectivity index (χ0v) is 5.04. The van der Waals surface area contributed by atoms with Crippen LogP contribution in [0.25, 0.3) is 0 Å². The fourth-order valence-electron chi connectivity index (χ4n) is 0.456. The van der Waals surface area contributed by atoms with Crippen LogP contribution in [0.3, 0.4) is 0 Å². The molecule has 0 bridgehead atoms. The summed E-state index contributed by atoms with van der Waals surface area (Å²) in [4.78, 5) is 0. The summed E-state index contributed by atoms with van der Waals surface area (Å²) in [6.07, 6.45) is 4.21. The molecular formula is C4H7LiP. The molecule has 1 aliphatic heterocycles. The number of hydrogen-bond donors (Lipinski definition) is 0. The van der Waals surface area contributed by atoms with E-state index in [1.54, 1.807) is 8.20 Å². The molecule has 1 radical (unpaired) electrons. The minimum atomic E-state index is 0. The van der Waals surface area contributed by atoms with Gasteiger partial charge in [0.05, 0.1) is 0 Å². The van der Waals surface area contributed by atoms with E-state index < -0.39 is 0 Å². The Morgan fingerprint density at radius 1 is 1.50 bits per heavy atom. The van der Waals surface area contributed by atoms with Crippen LogP contribution in [0.4, 0.5) is 0 Å². The van der Waals surface area contributed by atoms with E-state index in [9.17, 15) is 0 Å². The van der Waals surface area contributed by atoms with Crippen molar-refractivity contribution in [1.82, 2.24) is 0 Å². The molecule has 0 amide bonds. The molecule has 0 aromatic rings. The Labute approximate surface area is 52.3 Å². The first kappa shape index (κ1) is 6.77. The van der Waals surface area contributed by atoms with Gasteiger partial charge in [-0.15, -0.1) is 8.20 Å². The van der Waals surface area contributed by atoms with E-state index >= 15 is 0 Å². The molecule has 1 heterocycles. The van der Waals surface area contributed by atoms with Gasteiger partial charge in [0.25, 0.3) is 0 Å². The van der Waals surface area contributed by atoms with Crippen LogP contribution < -0.4 is 0 Å². The van der Waals surface area contributed by atoms with Crippen molar-refractivity contribution in [2.24, 2.45) is 0 Å². The minimum Gasteiger partial charge on any atom is -0.109 e. The quantitative estimate of drug-likeness (QED) is 0.311. The van der Waals surface area contributed by atoms with Gasteiger partial charge >= 0.3 is 0 Å². The second-order valence-corrected chi connectivity index (χ2v) is 2.41. The van der Waals surface area contributed by atoms with Gasteiger partial charge in [-0.3, -0.25) is 0 Å². The first-order valence-electron chi connectivity index (χ1n) is 1.98. The Bertz CT molecular complexity index is 45.5. The summed E-state index contributed by atoms with van der Waals surface area (Å²) in [6.45, 7) is 0. The second-order valence-electron chi connectivity index (χ2n) is 1.23. The van der Waals surface area contributed by atoms with Crippen molar-refractivity contribution in [2.75, 3.05) is 6.16 Å². The van der Waals surface area contributed by atoms with E-state index in [1.165, 1.54) is 19.0 Å². The van der Waals surface area contributed by atoms with Gasteiger partial charge in [0.1, 0.15) is 0 Å². The van der Waals surface area contributed by atoms with Gasteiger partial charge in [0, 0.05) is 18.9 Å². The van der Waals surface area contributed by atoms with Crippen LogP contribution in [0.5, 0.6) is 0 Å². The van der Waals surface area contributed by atoms with Crippen molar-refractivity contribution in [1.29, 1.82) is 0 Å². The Hall–Kier alpha value is 0.767. The van der Waals surface area contributed by atoms with Crippen LogP contribution in [-0.4, -0.2) is 30.8 Å². The van der Waals surface area contributed by atoms with Gasteiger partial charge in [-0.2, -0.15) is 0 Å². The number of hydrogen-bond acceptors (Lipinski definition) is 0. The predicted octanol–water partition coefficient (Wildman–Crippen LogP) is 1.15. The Morgan fingerprint density at radius 2 is 2.33 bits per heavy atom. The van der Waals surface area contributed by atoms with Crippen LogP contribution in [-0.2, 0) is 0 Å². The first-order valence-corrected chi connectivity index (χ1v) is 3.13. The van der Waals surface area contributed by atoms with Gasteiger partial charge in [-0.1, -0.05) is 5.80 Å². The molecule has 0 nitrogen and oxygen atoms in total. The largest absolute Gasteiger partial charge is 0.109 e. The molecule has 0 fully saturated rings. The maximum atomic E-state index is 2.33. The molecule has 29 valence electrons. The fourth-order valence-corrected chi connectivity index (χ4v) is 1.37. The molecule has 0 unspecified atom stereocenters. The van der Waals surface area contributed by atoms with E-state index in [0.29, 0.717) is 0 Å². The van der Waals surface area contributed by atoms with Crippen molar-refractivity contribution < 1.29 is 0 Å². The van der Waals surface area contributed by atoms with Crippen LogP contribution in [0.1, 0.15) is 12.8 Å². The third kappa shape index (κ3) is 2.03. The third-order valence-corrected chi connectivity index (χ3v) is 1.84. The predicted molar refractivity (Wildman–Crippen MR) is 32.8 cm³/mol. The summed E-state index contributed by atoms with van der Waals surface area (Å²) >= 11 is 0. The van der Waals surface area contributed by atoms with Crippen LogP contribution >= 0.6 is 8.20 Å². The molecule has 0 N–H and O–H groups in total. The van der Waals surface area contributed by atoms with E-state index in [-0.39, 0.29) is 18.9 Å². The van der Waals surface area contributed by atoms with Crippen LogP contribution in [0.15, 0.2) is 0 Å². The minimum absolute atomic E-state index is 0. The first-order chi connectivity index (χ1) is 2.50. The molecule has 0 saturated carbocycles. The van der Waals surface area contributed by atoms with E-state index in [0.717, 1.165) is 0 Å². The van der Waals surface area contributed by atoms with Crippen molar-refractivity contribution >= 4 is 32.9 Å². The average Bonchev–Trinajstić information content (AvgIpc) is 1.76. The molecule has 1 rings (SSSR count). The van der Waals surface area contributed by atoms with E-state index in [1.807, 2.05) is 0 Å². The third-order valence-electron chi connectivity index (χ3n) is 0.750. The summed E-state index contributed by atoms with van der Waals surface area (Å²) in [5.74, 6) is 2.33. The SMILES string of the molecule is C1=PCCC1.[Li]. The molecule has 0 spiro atoms. The summed E-state index contributed by atoms with van der Waals surface area (Å²) in [7, 11) is 1.57. The zero-order chi connectivity index (χ0) is 3.54. The molecule has 0 aromatic carbocycles. The molecule has 0 aliphatic carbocycles. The van der Waals surface area contributed by atoms with Gasteiger partial charge in [0.2, 0.25) is 0 Å². The van der Waals surface area contributed by atoms with Gasteiger partial charge < -0.3 is 0 Å². The molecule has 0 atom stereocenters. The smallest absolute Gasteiger partial charge is 0 e. The standard InChI is InChI=1S/C4H7P.Li/c1-2-4-5-3-1;/h3H,1-2,4H2;. The van der Waals surface area contributed by atoms with E-state index in [2.05, 4.69) is 5.80 Å². The summed E-state index contributed by atoms with van der Waals surface area (Å²) in [5, 5.41) is 0. The Kier molecular flexibility index (Phi) is 4.44. The van der Waals surface area contributed by atoms with Crippen molar-refractivity contribution in [3.05, 3.63) is 0 Å².